The summed E-state index contributed by atoms with van der Waals surface area (Å²) in [5.41, 5.74) is 8.61. The summed E-state index contributed by atoms with van der Waals surface area (Å²) in [4.78, 5) is 0. The van der Waals surface area contributed by atoms with Gasteiger partial charge in [0.25, 0.3) is 0 Å². The number of hydrogen-bond donors (Lipinski definition) is 2. The first-order valence-electron chi connectivity index (χ1n) is 6.10. The molecule has 3 heteroatoms. The number of nitrogens with one attached hydrogen (secondary N) is 1. The largest absolute Gasteiger partial charge is 0.397 e. The molecule has 18 heavy (non-hydrogen) atoms. The summed E-state index contributed by atoms with van der Waals surface area (Å²) in [5, 5.41) is 3.01. The van der Waals surface area contributed by atoms with Gasteiger partial charge in [0.1, 0.15) is 5.82 Å². The predicted molar refractivity (Wildman–Crippen MR) is 74.5 cm³/mol. The Balaban J connectivity index is 2.18. The molecule has 0 saturated heterocycles. The lowest BCUT2D eigenvalue weighted by Gasteiger charge is -2.10. The summed E-state index contributed by atoms with van der Waals surface area (Å²) in [6.45, 7) is 2.15. The molecule has 2 rings (SSSR count). The molecule has 0 saturated carbocycles. The van der Waals surface area contributed by atoms with Crippen LogP contribution in [0.2, 0.25) is 0 Å². The summed E-state index contributed by atoms with van der Waals surface area (Å²) in [7, 11) is 0. The third-order valence-electron chi connectivity index (χ3n) is 2.81. The van der Waals surface area contributed by atoms with Gasteiger partial charge in [-0.25, -0.2) is 4.39 Å². The highest BCUT2D eigenvalue weighted by atomic mass is 19.1. The van der Waals surface area contributed by atoms with Crippen molar-refractivity contribution in [3.05, 3.63) is 53.8 Å². The van der Waals surface area contributed by atoms with E-state index in [-0.39, 0.29) is 5.82 Å². The van der Waals surface area contributed by atoms with E-state index in [0.29, 0.717) is 11.4 Å². The van der Waals surface area contributed by atoms with E-state index in [4.69, 9.17) is 5.73 Å². The van der Waals surface area contributed by atoms with Crippen LogP contribution < -0.4 is 11.1 Å². The van der Waals surface area contributed by atoms with Gasteiger partial charge >= 0.3 is 0 Å². The van der Waals surface area contributed by atoms with Crippen LogP contribution in [-0.2, 0) is 6.42 Å². The topological polar surface area (TPSA) is 38.0 Å². The van der Waals surface area contributed by atoms with Gasteiger partial charge in [-0.3, -0.25) is 0 Å². The van der Waals surface area contributed by atoms with Crippen molar-refractivity contribution < 1.29 is 4.39 Å². The minimum absolute atomic E-state index is 0.334. The fraction of sp³-hybridized carbons (Fsp3) is 0.200. The highest BCUT2D eigenvalue weighted by Crippen LogP contribution is 2.26. The molecule has 0 unspecified atom stereocenters. The highest BCUT2D eigenvalue weighted by molar-refractivity contribution is 5.73. The van der Waals surface area contributed by atoms with Gasteiger partial charge in [-0.05, 0) is 36.2 Å². The van der Waals surface area contributed by atoms with E-state index in [1.54, 1.807) is 12.1 Å². The quantitative estimate of drug-likeness (QED) is 0.794. The zero-order chi connectivity index (χ0) is 13.0. The fourth-order valence-electron chi connectivity index (χ4n) is 1.86. The number of rotatable bonds is 4. The maximum absolute atomic E-state index is 13.6. The van der Waals surface area contributed by atoms with Gasteiger partial charge in [-0.1, -0.05) is 31.5 Å². The summed E-state index contributed by atoms with van der Waals surface area (Å²) in [5.74, 6) is -0.340. The number of aryl methyl sites for hydroxylation is 1. The maximum atomic E-state index is 13.6. The van der Waals surface area contributed by atoms with Crippen molar-refractivity contribution in [1.29, 1.82) is 0 Å². The molecule has 2 nitrogen and oxygen atoms in total. The van der Waals surface area contributed by atoms with Crippen molar-refractivity contribution >= 4 is 17.1 Å². The Morgan fingerprint density at radius 1 is 1.11 bits per heavy atom. The highest BCUT2D eigenvalue weighted by Gasteiger charge is 2.05. The second-order valence-electron chi connectivity index (χ2n) is 4.28. The van der Waals surface area contributed by atoms with Gasteiger partial charge in [0.2, 0.25) is 0 Å². The van der Waals surface area contributed by atoms with Crippen LogP contribution in [0.1, 0.15) is 18.9 Å². The lowest BCUT2D eigenvalue weighted by Crippen LogP contribution is -1.99. The molecule has 0 aromatic heterocycles. The Bertz CT molecular complexity index is 500. The van der Waals surface area contributed by atoms with Crippen LogP contribution in [-0.4, -0.2) is 0 Å². The minimum atomic E-state index is -0.340. The van der Waals surface area contributed by atoms with Gasteiger partial charge in [0.15, 0.2) is 0 Å². The molecule has 0 fully saturated rings. The Hall–Kier alpha value is -2.03. The van der Waals surface area contributed by atoms with Crippen molar-refractivity contribution in [3.63, 3.8) is 0 Å². The molecule has 0 aliphatic heterocycles. The number of halogens is 1. The monoisotopic (exact) mass is 244 g/mol. The Morgan fingerprint density at radius 3 is 2.44 bits per heavy atom. The summed E-state index contributed by atoms with van der Waals surface area (Å²) in [6.07, 6.45) is 2.18. The fourth-order valence-corrected chi connectivity index (χ4v) is 1.86. The molecule has 0 radical (unpaired) electrons. The predicted octanol–water partition coefficient (Wildman–Crippen LogP) is 4.10. The zero-order valence-corrected chi connectivity index (χ0v) is 10.4. The zero-order valence-electron chi connectivity index (χ0n) is 10.4. The van der Waals surface area contributed by atoms with E-state index in [1.165, 1.54) is 11.6 Å². The van der Waals surface area contributed by atoms with Crippen molar-refractivity contribution in [1.82, 2.24) is 0 Å². The smallest absolute Gasteiger partial charge is 0.148 e. The molecule has 0 spiro atoms. The molecule has 2 aromatic carbocycles. The van der Waals surface area contributed by atoms with Crippen LogP contribution >= 0.6 is 0 Å². The lowest BCUT2D eigenvalue weighted by atomic mass is 10.1. The SMILES string of the molecule is CCCc1ccc(Nc2c(N)cccc2F)cc1. The van der Waals surface area contributed by atoms with Crippen molar-refractivity contribution in [2.24, 2.45) is 0 Å². The molecule has 0 aliphatic carbocycles. The Labute approximate surface area is 107 Å². The first-order valence-corrected chi connectivity index (χ1v) is 6.10. The number of nitrogens with two attached hydrogens (primary N) is 1. The third kappa shape index (κ3) is 2.80. The third-order valence-corrected chi connectivity index (χ3v) is 2.81. The van der Waals surface area contributed by atoms with Gasteiger partial charge < -0.3 is 11.1 Å². The maximum Gasteiger partial charge on any atom is 0.148 e. The van der Waals surface area contributed by atoms with Gasteiger partial charge in [-0.15, -0.1) is 0 Å². The van der Waals surface area contributed by atoms with Crippen LogP contribution in [0.4, 0.5) is 21.5 Å². The standard InChI is InChI=1S/C15H17FN2/c1-2-4-11-7-9-12(10-8-11)18-15-13(16)5-3-6-14(15)17/h3,5-10,18H,2,4,17H2,1H3. The number of benzene rings is 2. The molecule has 0 atom stereocenters. The van der Waals surface area contributed by atoms with Crippen LogP contribution in [0.5, 0.6) is 0 Å². The minimum Gasteiger partial charge on any atom is -0.397 e. The summed E-state index contributed by atoms with van der Waals surface area (Å²) < 4.78 is 13.6. The molecule has 3 N–H and O–H groups in total. The number of anilines is 3. The van der Waals surface area contributed by atoms with Crippen LogP contribution in [0.25, 0.3) is 0 Å². The summed E-state index contributed by atoms with van der Waals surface area (Å²) >= 11 is 0. The molecule has 2 aromatic rings. The Morgan fingerprint density at radius 2 is 1.83 bits per heavy atom. The molecule has 0 aliphatic rings. The average molecular weight is 244 g/mol. The van der Waals surface area contributed by atoms with Crippen molar-refractivity contribution in [2.45, 2.75) is 19.8 Å². The molecule has 0 amide bonds. The van der Waals surface area contributed by atoms with Crippen LogP contribution in [0.15, 0.2) is 42.5 Å². The second-order valence-corrected chi connectivity index (χ2v) is 4.28. The lowest BCUT2D eigenvalue weighted by molar-refractivity contribution is 0.632. The normalized spacial score (nSPS) is 10.3. The van der Waals surface area contributed by atoms with E-state index in [1.807, 2.05) is 24.3 Å². The first kappa shape index (κ1) is 12.4. The van der Waals surface area contributed by atoms with Gasteiger partial charge in [-0.2, -0.15) is 0 Å². The van der Waals surface area contributed by atoms with Crippen LogP contribution in [0, 0.1) is 5.82 Å². The van der Waals surface area contributed by atoms with Crippen LogP contribution in [0.3, 0.4) is 0 Å². The number of para-hydroxylation sites is 1. The number of nitrogen functional groups attached to an aromatic ring is 1. The van der Waals surface area contributed by atoms with E-state index >= 15 is 0 Å². The summed E-state index contributed by atoms with van der Waals surface area (Å²) in [6, 6.07) is 12.6. The van der Waals surface area contributed by atoms with Crippen molar-refractivity contribution in [3.8, 4) is 0 Å². The van der Waals surface area contributed by atoms with E-state index in [0.717, 1.165) is 18.5 Å². The van der Waals surface area contributed by atoms with Gasteiger partial charge in [0.05, 0.1) is 11.4 Å². The second kappa shape index (κ2) is 5.54. The number of hydrogen-bond acceptors (Lipinski definition) is 2. The van der Waals surface area contributed by atoms with Crippen molar-refractivity contribution in [2.75, 3.05) is 11.1 Å². The molecular formula is C15H17FN2. The van der Waals surface area contributed by atoms with E-state index in [2.05, 4.69) is 12.2 Å². The first-order chi connectivity index (χ1) is 8.70. The molecule has 0 heterocycles. The Kier molecular flexibility index (Phi) is 3.82. The van der Waals surface area contributed by atoms with E-state index < -0.39 is 0 Å². The van der Waals surface area contributed by atoms with E-state index in [9.17, 15) is 4.39 Å². The molecule has 94 valence electrons. The van der Waals surface area contributed by atoms with Gasteiger partial charge in [0, 0.05) is 5.69 Å². The average Bonchev–Trinajstić information content (AvgIpc) is 2.36. The molecule has 0 bridgehead atoms. The molecular weight excluding hydrogens is 227 g/mol.